The lowest BCUT2D eigenvalue weighted by Crippen LogP contribution is -2.27. The maximum Gasteiger partial charge on any atom is 0.331 e. The van der Waals surface area contributed by atoms with Crippen molar-refractivity contribution in [2.24, 2.45) is 5.41 Å². The highest BCUT2D eigenvalue weighted by Crippen LogP contribution is 2.40. The highest BCUT2D eigenvalue weighted by atomic mass is 35.5. The van der Waals surface area contributed by atoms with Crippen molar-refractivity contribution >= 4 is 18.4 Å². The smallest absolute Gasteiger partial charge is 0.331 e. The molecule has 0 aromatic carbocycles. The third-order valence-electron chi connectivity index (χ3n) is 5.67. The Balaban J connectivity index is 0.00000841. The highest BCUT2D eigenvalue weighted by Gasteiger charge is 2.26. The van der Waals surface area contributed by atoms with Gasteiger partial charge in [0.2, 0.25) is 0 Å². The number of hydrogen-bond donors (Lipinski definition) is 0. The summed E-state index contributed by atoms with van der Waals surface area (Å²) in [5, 5.41) is 0. The normalized spacial score (nSPS) is 17.7. The lowest BCUT2D eigenvalue weighted by molar-refractivity contribution is -0.138. The quantitative estimate of drug-likeness (QED) is 0.214. The van der Waals surface area contributed by atoms with Crippen LogP contribution < -0.4 is 0 Å². The molecule has 0 N–H and O–H groups in total. The molecular formula is C26H42ClNO2. The highest BCUT2D eigenvalue weighted by molar-refractivity contribution is 5.85. The lowest BCUT2D eigenvalue weighted by atomic mass is 9.72. The van der Waals surface area contributed by atoms with Crippen molar-refractivity contribution in [2.45, 2.75) is 67.7 Å². The van der Waals surface area contributed by atoms with Crippen LogP contribution in [0.1, 0.15) is 67.7 Å². The number of halogens is 1. The average molecular weight is 436 g/mol. The number of ether oxygens (including phenoxy) is 1. The molecule has 30 heavy (non-hydrogen) atoms. The predicted molar refractivity (Wildman–Crippen MR) is 132 cm³/mol. The molecule has 0 aromatic rings. The van der Waals surface area contributed by atoms with Crippen molar-refractivity contribution in [3.05, 3.63) is 58.7 Å². The molecule has 1 rings (SSSR count). The molecule has 0 aromatic heterocycles. The van der Waals surface area contributed by atoms with Gasteiger partial charge in [0.1, 0.15) is 6.61 Å². The minimum atomic E-state index is -0.276. The van der Waals surface area contributed by atoms with E-state index in [2.05, 4.69) is 64.7 Å². The number of likely N-dealkylation sites (N-methyl/N-ethyl adjacent to an activating group) is 1. The number of carbonyl (C=O) groups is 1. The van der Waals surface area contributed by atoms with Gasteiger partial charge in [0.05, 0.1) is 0 Å². The van der Waals surface area contributed by atoms with E-state index >= 15 is 0 Å². The van der Waals surface area contributed by atoms with Crippen LogP contribution in [0, 0.1) is 5.41 Å². The Morgan fingerprint density at radius 2 is 1.80 bits per heavy atom. The molecule has 0 saturated heterocycles. The molecule has 0 amide bonds. The second kappa shape index (κ2) is 14.4. The number of allylic oxidation sites excluding steroid dienone is 9. The molecule has 170 valence electrons. The molecule has 0 spiro atoms. The van der Waals surface area contributed by atoms with Gasteiger partial charge in [-0.3, -0.25) is 0 Å². The van der Waals surface area contributed by atoms with Gasteiger partial charge in [-0.1, -0.05) is 69.2 Å². The van der Waals surface area contributed by atoms with Crippen molar-refractivity contribution in [2.75, 3.05) is 26.2 Å². The maximum atomic E-state index is 11.9. The van der Waals surface area contributed by atoms with E-state index in [0.29, 0.717) is 6.61 Å². The van der Waals surface area contributed by atoms with E-state index in [1.54, 1.807) is 6.08 Å². The Bertz CT molecular complexity index is 692. The molecule has 3 nitrogen and oxygen atoms in total. The van der Waals surface area contributed by atoms with Crippen LogP contribution in [-0.4, -0.2) is 37.1 Å². The molecule has 0 bridgehead atoms. The van der Waals surface area contributed by atoms with Crippen LogP contribution >= 0.6 is 12.4 Å². The van der Waals surface area contributed by atoms with E-state index in [9.17, 15) is 4.79 Å². The fourth-order valence-electron chi connectivity index (χ4n) is 3.72. The van der Waals surface area contributed by atoms with Gasteiger partial charge in [-0.25, -0.2) is 4.79 Å². The minimum absolute atomic E-state index is 0. The maximum absolute atomic E-state index is 11.9. The first-order valence-electron chi connectivity index (χ1n) is 11.0. The predicted octanol–water partition coefficient (Wildman–Crippen LogP) is 6.82. The topological polar surface area (TPSA) is 29.5 Å². The summed E-state index contributed by atoms with van der Waals surface area (Å²) >= 11 is 0. The van der Waals surface area contributed by atoms with E-state index in [4.69, 9.17) is 4.74 Å². The fraction of sp³-hybridized carbons (Fsp3) is 0.577. The Morgan fingerprint density at radius 1 is 1.13 bits per heavy atom. The van der Waals surface area contributed by atoms with Crippen molar-refractivity contribution in [3.8, 4) is 0 Å². The molecule has 1 aliphatic carbocycles. The van der Waals surface area contributed by atoms with Crippen LogP contribution in [0.15, 0.2) is 58.7 Å². The van der Waals surface area contributed by atoms with Crippen LogP contribution in [-0.2, 0) is 9.53 Å². The van der Waals surface area contributed by atoms with Gasteiger partial charge >= 0.3 is 5.97 Å². The molecule has 0 atom stereocenters. The SMILES string of the molecule is CCN(CC)CCOC(=O)/C=C(C)/C=C/C=C(C)/C=C/C1=C(C)CCCC1(C)C.Cl. The summed E-state index contributed by atoms with van der Waals surface area (Å²) in [5.41, 5.74) is 5.33. The van der Waals surface area contributed by atoms with Crippen molar-refractivity contribution in [1.82, 2.24) is 4.90 Å². The van der Waals surface area contributed by atoms with Gasteiger partial charge in [-0.05, 0) is 69.7 Å². The summed E-state index contributed by atoms with van der Waals surface area (Å²) < 4.78 is 5.29. The third-order valence-corrected chi connectivity index (χ3v) is 5.67. The van der Waals surface area contributed by atoms with Crippen molar-refractivity contribution in [1.29, 1.82) is 0 Å². The summed E-state index contributed by atoms with van der Waals surface area (Å²) in [7, 11) is 0. The Hall–Kier alpha value is -1.58. The summed E-state index contributed by atoms with van der Waals surface area (Å²) in [5.74, 6) is -0.276. The zero-order valence-electron chi connectivity index (χ0n) is 20.1. The number of nitrogens with zero attached hydrogens (tertiary/aromatic N) is 1. The zero-order chi connectivity index (χ0) is 21.9. The Labute approximate surface area is 191 Å². The van der Waals surface area contributed by atoms with Crippen molar-refractivity contribution in [3.63, 3.8) is 0 Å². The number of hydrogen-bond acceptors (Lipinski definition) is 3. The van der Waals surface area contributed by atoms with Gasteiger partial charge in [0.15, 0.2) is 0 Å². The summed E-state index contributed by atoms with van der Waals surface area (Å²) in [4.78, 5) is 14.1. The van der Waals surface area contributed by atoms with Gasteiger partial charge < -0.3 is 9.64 Å². The van der Waals surface area contributed by atoms with E-state index < -0.39 is 0 Å². The van der Waals surface area contributed by atoms with Gasteiger partial charge in [-0.15, -0.1) is 12.4 Å². The molecule has 1 aliphatic rings. The molecule has 0 saturated carbocycles. The number of rotatable bonds is 10. The number of carbonyl (C=O) groups excluding carboxylic acids is 1. The van der Waals surface area contributed by atoms with Gasteiger partial charge in [0.25, 0.3) is 0 Å². The van der Waals surface area contributed by atoms with Crippen LogP contribution in [0.3, 0.4) is 0 Å². The second-order valence-electron chi connectivity index (χ2n) is 8.62. The fourth-order valence-corrected chi connectivity index (χ4v) is 3.72. The first-order valence-corrected chi connectivity index (χ1v) is 11.0. The monoisotopic (exact) mass is 435 g/mol. The minimum Gasteiger partial charge on any atom is -0.461 e. The van der Waals surface area contributed by atoms with E-state index in [1.165, 1.54) is 36.0 Å². The van der Waals surface area contributed by atoms with Crippen LogP contribution in [0.2, 0.25) is 0 Å². The first-order chi connectivity index (χ1) is 13.7. The Kier molecular flexibility index (Phi) is 13.7. The molecule has 4 heteroatoms. The Morgan fingerprint density at radius 3 is 2.40 bits per heavy atom. The van der Waals surface area contributed by atoms with Crippen molar-refractivity contribution < 1.29 is 9.53 Å². The average Bonchev–Trinajstić information content (AvgIpc) is 2.64. The lowest BCUT2D eigenvalue weighted by Gasteiger charge is -2.32. The largest absolute Gasteiger partial charge is 0.461 e. The van der Waals surface area contributed by atoms with Gasteiger partial charge in [0, 0.05) is 12.6 Å². The summed E-state index contributed by atoms with van der Waals surface area (Å²) in [6, 6.07) is 0. The van der Waals surface area contributed by atoms with Crippen LogP contribution in [0.5, 0.6) is 0 Å². The zero-order valence-corrected chi connectivity index (χ0v) is 20.9. The van der Waals surface area contributed by atoms with Crippen LogP contribution in [0.4, 0.5) is 0 Å². The standard InChI is InChI=1S/C26H41NO2.ClH/c1-8-27(9-2)18-19-29-25(28)20-22(4)13-10-12-21(3)15-16-24-23(5)14-11-17-26(24,6)7;/h10,12-13,15-16,20H,8-9,11,14,17-19H2,1-7H3;1H/b13-10+,16-15+,21-12+,22-20+;. The van der Waals surface area contributed by atoms with E-state index in [-0.39, 0.29) is 23.8 Å². The molecule has 0 fully saturated rings. The second-order valence-corrected chi connectivity index (χ2v) is 8.62. The summed E-state index contributed by atoms with van der Waals surface area (Å²) in [6.45, 7) is 18.3. The molecule has 0 heterocycles. The first kappa shape index (κ1) is 28.4. The van der Waals surface area contributed by atoms with E-state index in [1.807, 2.05) is 19.1 Å². The third kappa shape index (κ3) is 10.4. The van der Waals surface area contributed by atoms with Gasteiger partial charge in [-0.2, -0.15) is 0 Å². The molecule has 0 radical (unpaired) electrons. The molecule has 0 aliphatic heterocycles. The van der Waals surface area contributed by atoms with E-state index in [0.717, 1.165) is 25.2 Å². The molecule has 0 unspecified atom stereocenters. The number of esters is 1. The van der Waals surface area contributed by atoms with Crippen LogP contribution in [0.25, 0.3) is 0 Å². The summed E-state index contributed by atoms with van der Waals surface area (Å²) in [6.07, 6.45) is 15.8. The molecular weight excluding hydrogens is 394 g/mol.